The Kier molecular flexibility index (Phi) is 4.57. The largest absolute Gasteiger partial charge is 0.376 e. The predicted octanol–water partition coefficient (Wildman–Crippen LogP) is 3.21. The van der Waals surface area contributed by atoms with Crippen molar-refractivity contribution in [1.82, 2.24) is 0 Å². The Morgan fingerprint density at radius 3 is 2.82 bits per heavy atom. The molecule has 0 spiro atoms. The summed E-state index contributed by atoms with van der Waals surface area (Å²) in [6.07, 6.45) is 6.17. The molecule has 0 aromatic heterocycles. The molecule has 0 aliphatic heterocycles. The lowest BCUT2D eigenvalue weighted by Gasteiger charge is -2.16. The number of rotatable bonds is 6. The topological polar surface area (TPSA) is 35.2 Å². The molecule has 2 unspecified atom stereocenters. The van der Waals surface area contributed by atoms with E-state index in [2.05, 4.69) is 31.2 Å². The van der Waals surface area contributed by atoms with Gasteiger partial charge in [0.1, 0.15) is 0 Å². The molecule has 0 radical (unpaired) electrons. The molecule has 0 saturated heterocycles. The molecule has 1 aliphatic carbocycles. The van der Waals surface area contributed by atoms with E-state index in [4.69, 9.17) is 10.5 Å². The molecule has 1 aromatic carbocycles. The van der Waals surface area contributed by atoms with Gasteiger partial charge in [0, 0.05) is 13.0 Å². The maximum Gasteiger partial charge on any atom is 0.0808 e. The molecule has 2 heteroatoms. The fourth-order valence-corrected chi connectivity index (χ4v) is 2.52. The summed E-state index contributed by atoms with van der Waals surface area (Å²) in [4.78, 5) is 0. The van der Waals surface area contributed by atoms with Crippen LogP contribution in [-0.2, 0) is 11.2 Å². The highest BCUT2D eigenvalue weighted by molar-refractivity contribution is 5.36. The van der Waals surface area contributed by atoms with E-state index >= 15 is 0 Å². The second-order valence-corrected chi connectivity index (χ2v) is 4.90. The molecule has 0 amide bonds. The molecule has 2 nitrogen and oxygen atoms in total. The van der Waals surface area contributed by atoms with Crippen LogP contribution in [0.25, 0.3) is 0 Å². The second-order valence-electron chi connectivity index (χ2n) is 4.90. The maximum atomic E-state index is 6.21. The number of ether oxygens (including phenoxy) is 1. The zero-order valence-corrected chi connectivity index (χ0v) is 10.7. The van der Waals surface area contributed by atoms with E-state index in [0.717, 1.165) is 19.4 Å². The maximum absolute atomic E-state index is 6.21. The van der Waals surface area contributed by atoms with Gasteiger partial charge in [0.15, 0.2) is 0 Å². The quantitative estimate of drug-likeness (QED) is 0.766. The van der Waals surface area contributed by atoms with Crippen LogP contribution in [0.15, 0.2) is 24.3 Å². The van der Waals surface area contributed by atoms with Gasteiger partial charge in [-0.25, -0.2) is 0 Å². The molecular formula is C15H23NO. The average Bonchev–Trinajstić information content (AvgIpc) is 2.67. The van der Waals surface area contributed by atoms with E-state index in [1.807, 2.05) is 0 Å². The summed E-state index contributed by atoms with van der Waals surface area (Å²) < 4.78 is 5.92. The smallest absolute Gasteiger partial charge is 0.0808 e. The summed E-state index contributed by atoms with van der Waals surface area (Å²) in [5, 5.41) is 0. The molecule has 1 aliphatic rings. The van der Waals surface area contributed by atoms with Gasteiger partial charge in [0.05, 0.1) is 12.1 Å². The van der Waals surface area contributed by atoms with Crippen molar-refractivity contribution in [2.45, 2.75) is 51.2 Å². The number of unbranched alkanes of at least 4 members (excludes halogenated alkanes) is 3. The highest BCUT2D eigenvalue weighted by atomic mass is 16.5. The first kappa shape index (κ1) is 12.6. The first-order chi connectivity index (χ1) is 8.33. The summed E-state index contributed by atoms with van der Waals surface area (Å²) in [5.74, 6) is 0. The van der Waals surface area contributed by atoms with E-state index in [1.54, 1.807) is 0 Å². The molecule has 0 heterocycles. The van der Waals surface area contributed by atoms with E-state index < -0.39 is 0 Å². The molecule has 1 aromatic rings. The molecule has 94 valence electrons. The van der Waals surface area contributed by atoms with Gasteiger partial charge in [-0.3, -0.25) is 0 Å². The molecule has 0 bridgehead atoms. The summed E-state index contributed by atoms with van der Waals surface area (Å²) in [6, 6.07) is 8.49. The van der Waals surface area contributed by atoms with Crippen LogP contribution >= 0.6 is 0 Å². The van der Waals surface area contributed by atoms with E-state index in [-0.39, 0.29) is 12.1 Å². The van der Waals surface area contributed by atoms with Crippen LogP contribution in [0.1, 0.15) is 49.8 Å². The normalized spacial score (nSPS) is 22.7. The van der Waals surface area contributed by atoms with E-state index in [0.29, 0.717) is 0 Å². The van der Waals surface area contributed by atoms with Crippen molar-refractivity contribution in [3.63, 3.8) is 0 Å². The fourth-order valence-electron chi connectivity index (χ4n) is 2.52. The minimum atomic E-state index is 0.0670. The van der Waals surface area contributed by atoms with Crippen molar-refractivity contribution in [2.24, 2.45) is 5.73 Å². The van der Waals surface area contributed by atoms with Crippen molar-refractivity contribution in [2.75, 3.05) is 6.61 Å². The summed E-state index contributed by atoms with van der Waals surface area (Å²) in [5.41, 5.74) is 8.84. The molecule has 2 rings (SSSR count). The first-order valence-electron chi connectivity index (χ1n) is 6.78. The Morgan fingerprint density at radius 2 is 2.06 bits per heavy atom. The average molecular weight is 233 g/mol. The van der Waals surface area contributed by atoms with Crippen molar-refractivity contribution in [3.8, 4) is 0 Å². The molecule has 2 N–H and O–H groups in total. The highest BCUT2D eigenvalue weighted by Gasteiger charge is 2.29. The molecule has 0 saturated carbocycles. The zero-order chi connectivity index (χ0) is 12.1. The number of benzene rings is 1. The molecular weight excluding hydrogens is 210 g/mol. The van der Waals surface area contributed by atoms with Gasteiger partial charge in [0.25, 0.3) is 0 Å². The van der Waals surface area contributed by atoms with Gasteiger partial charge in [-0.2, -0.15) is 0 Å². The van der Waals surface area contributed by atoms with E-state index in [9.17, 15) is 0 Å². The van der Waals surface area contributed by atoms with Crippen LogP contribution in [-0.4, -0.2) is 12.7 Å². The first-order valence-corrected chi connectivity index (χ1v) is 6.78. The Morgan fingerprint density at radius 1 is 1.24 bits per heavy atom. The summed E-state index contributed by atoms with van der Waals surface area (Å²) in [7, 11) is 0. The van der Waals surface area contributed by atoms with Gasteiger partial charge in [-0.1, -0.05) is 50.5 Å². The van der Waals surface area contributed by atoms with Crippen LogP contribution in [0.3, 0.4) is 0 Å². The molecule has 0 fully saturated rings. The minimum Gasteiger partial charge on any atom is -0.376 e. The number of nitrogens with two attached hydrogens (primary N) is 1. The predicted molar refractivity (Wildman–Crippen MR) is 71.0 cm³/mol. The number of hydrogen-bond acceptors (Lipinski definition) is 2. The fraction of sp³-hybridized carbons (Fsp3) is 0.600. The monoisotopic (exact) mass is 233 g/mol. The van der Waals surface area contributed by atoms with Gasteiger partial charge >= 0.3 is 0 Å². The Labute approximate surface area is 104 Å². The van der Waals surface area contributed by atoms with Crippen LogP contribution in [0.4, 0.5) is 0 Å². The lowest BCUT2D eigenvalue weighted by Crippen LogP contribution is -2.25. The number of fused-ring (bicyclic) bond motifs is 1. The Bertz CT molecular complexity index is 351. The zero-order valence-electron chi connectivity index (χ0n) is 10.7. The van der Waals surface area contributed by atoms with Crippen molar-refractivity contribution in [1.29, 1.82) is 0 Å². The van der Waals surface area contributed by atoms with Crippen LogP contribution in [0.2, 0.25) is 0 Å². The lowest BCUT2D eigenvalue weighted by atomic mass is 10.1. The SMILES string of the molecule is CCCCCCOC1Cc2ccccc2C1N. The van der Waals surface area contributed by atoms with Crippen LogP contribution in [0, 0.1) is 0 Å². The van der Waals surface area contributed by atoms with Crippen molar-refractivity contribution in [3.05, 3.63) is 35.4 Å². The molecule has 2 atom stereocenters. The van der Waals surface area contributed by atoms with Gasteiger partial charge in [0.2, 0.25) is 0 Å². The van der Waals surface area contributed by atoms with Crippen molar-refractivity contribution < 1.29 is 4.74 Å². The van der Waals surface area contributed by atoms with Crippen LogP contribution < -0.4 is 5.73 Å². The van der Waals surface area contributed by atoms with Gasteiger partial charge in [-0.05, 0) is 17.5 Å². The summed E-state index contributed by atoms with van der Waals surface area (Å²) in [6.45, 7) is 3.08. The van der Waals surface area contributed by atoms with Gasteiger partial charge in [-0.15, -0.1) is 0 Å². The van der Waals surface area contributed by atoms with Gasteiger partial charge < -0.3 is 10.5 Å². The third-order valence-corrected chi connectivity index (χ3v) is 3.57. The number of hydrogen-bond donors (Lipinski definition) is 1. The third-order valence-electron chi connectivity index (χ3n) is 3.57. The minimum absolute atomic E-state index is 0.0670. The van der Waals surface area contributed by atoms with E-state index in [1.165, 1.54) is 30.4 Å². The Hall–Kier alpha value is -0.860. The third kappa shape index (κ3) is 3.08. The Balaban J connectivity index is 1.78. The molecule has 17 heavy (non-hydrogen) atoms. The second kappa shape index (κ2) is 6.18. The lowest BCUT2D eigenvalue weighted by molar-refractivity contribution is 0.0412. The standard InChI is InChI=1S/C15H23NO/c1-2-3-4-7-10-17-14-11-12-8-5-6-9-13(12)15(14)16/h5-6,8-9,14-15H,2-4,7,10-11,16H2,1H3. The highest BCUT2D eigenvalue weighted by Crippen LogP contribution is 2.31. The summed E-state index contributed by atoms with van der Waals surface area (Å²) >= 11 is 0. The van der Waals surface area contributed by atoms with Crippen molar-refractivity contribution >= 4 is 0 Å². The van der Waals surface area contributed by atoms with Crippen LogP contribution in [0.5, 0.6) is 0 Å².